The van der Waals surface area contributed by atoms with Crippen molar-refractivity contribution in [2.45, 2.75) is 19.9 Å². The molecule has 0 amide bonds. The SMILES string of the molecule is COc1ccc(F)cc1C1NCC1(C)C. The van der Waals surface area contributed by atoms with E-state index in [1.807, 2.05) is 0 Å². The van der Waals surface area contributed by atoms with Gasteiger partial charge in [0, 0.05) is 18.2 Å². The molecule has 1 aromatic rings. The fourth-order valence-electron chi connectivity index (χ4n) is 2.07. The predicted octanol–water partition coefficient (Wildman–Crippen LogP) is 2.50. The zero-order chi connectivity index (χ0) is 11.1. The Morgan fingerprint density at radius 3 is 2.67 bits per heavy atom. The molecule has 1 unspecified atom stereocenters. The van der Waals surface area contributed by atoms with Crippen LogP contribution in [-0.2, 0) is 0 Å². The quantitative estimate of drug-likeness (QED) is 0.808. The van der Waals surface area contributed by atoms with Gasteiger partial charge in [0.2, 0.25) is 0 Å². The van der Waals surface area contributed by atoms with Crippen molar-refractivity contribution in [2.24, 2.45) is 5.41 Å². The predicted molar refractivity (Wildman–Crippen MR) is 57.5 cm³/mol. The lowest BCUT2D eigenvalue weighted by Gasteiger charge is -2.46. The van der Waals surface area contributed by atoms with E-state index < -0.39 is 0 Å². The van der Waals surface area contributed by atoms with Crippen molar-refractivity contribution in [1.82, 2.24) is 5.32 Å². The maximum absolute atomic E-state index is 13.2. The first-order chi connectivity index (χ1) is 7.04. The Labute approximate surface area is 89.4 Å². The average molecular weight is 209 g/mol. The molecule has 1 atom stereocenters. The molecule has 0 bridgehead atoms. The Morgan fingerprint density at radius 2 is 2.20 bits per heavy atom. The first-order valence-electron chi connectivity index (χ1n) is 5.11. The highest BCUT2D eigenvalue weighted by molar-refractivity contribution is 5.39. The number of methoxy groups -OCH3 is 1. The first-order valence-corrected chi connectivity index (χ1v) is 5.11. The van der Waals surface area contributed by atoms with Gasteiger partial charge in [-0.25, -0.2) is 4.39 Å². The van der Waals surface area contributed by atoms with Crippen molar-refractivity contribution in [3.05, 3.63) is 29.6 Å². The molecule has 1 aliphatic heterocycles. The van der Waals surface area contributed by atoms with Crippen LogP contribution in [0.25, 0.3) is 0 Å². The van der Waals surface area contributed by atoms with Crippen molar-refractivity contribution in [3.63, 3.8) is 0 Å². The van der Waals surface area contributed by atoms with Crippen molar-refractivity contribution in [3.8, 4) is 5.75 Å². The van der Waals surface area contributed by atoms with Gasteiger partial charge in [0.1, 0.15) is 11.6 Å². The van der Waals surface area contributed by atoms with E-state index in [-0.39, 0.29) is 17.3 Å². The summed E-state index contributed by atoms with van der Waals surface area (Å²) in [6.07, 6.45) is 0. The molecule has 0 aliphatic carbocycles. The minimum atomic E-state index is -0.213. The standard InChI is InChI=1S/C12H16FNO/c1-12(2)7-14-11(12)9-6-8(13)4-5-10(9)15-3/h4-6,11,14H,7H2,1-3H3. The van der Waals surface area contributed by atoms with Crippen LogP contribution in [0.15, 0.2) is 18.2 Å². The highest BCUT2D eigenvalue weighted by Gasteiger charge is 2.40. The van der Waals surface area contributed by atoms with Crippen LogP contribution in [0.5, 0.6) is 5.75 Å². The van der Waals surface area contributed by atoms with E-state index in [0.717, 1.165) is 17.9 Å². The van der Waals surface area contributed by atoms with Gasteiger partial charge in [-0.3, -0.25) is 0 Å². The van der Waals surface area contributed by atoms with Gasteiger partial charge in [0.25, 0.3) is 0 Å². The highest BCUT2D eigenvalue weighted by atomic mass is 19.1. The topological polar surface area (TPSA) is 21.3 Å². The molecule has 1 aliphatic rings. The molecule has 2 rings (SSSR count). The number of halogens is 1. The summed E-state index contributed by atoms with van der Waals surface area (Å²) < 4.78 is 18.4. The number of nitrogens with one attached hydrogen (secondary N) is 1. The summed E-state index contributed by atoms with van der Waals surface area (Å²) in [5.41, 5.74) is 1.08. The van der Waals surface area contributed by atoms with E-state index in [9.17, 15) is 4.39 Å². The van der Waals surface area contributed by atoms with E-state index in [1.54, 1.807) is 19.2 Å². The molecule has 82 valence electrons. The molecule has 2 nitrogen and oxygen atoms in total. The lowest BCUT2D eigenvalue weighted by atomic mass is 9.73. The maximum atomic E-state index is 13.2. The smallest absolute Gasteiger partial charge is 0.123 e. The minimum absolute atomic E-state index is 0.168. The van der Waals surface area contributed by atoms with Gasteiger partial charge in [-0.1, -0.05) is 13.8 Å². The number of hydrogen-bond donors (Lipinski definition) is 1. The Morgan fingerprint density at radius 1 is 1.47 bits per heavy atom. The summed E-state index contributed by atoms with van der Waals surface area (Å²) in [6, 6.07) is 4.84. The van der Waals surface area contributed by atoms with Crippen molar-refractivity contribution in [1.29, 1.82) is 0 Å². The van der Waals surface area contributed by atoms with Crippen molar-refractivity contribution >= 4 is 0 Å². The lowest BCUT2D eigenvalue weighted by Crippen LogP contribution is -2.52. The van der Waals surface area contributed by atoms with Crippen LogP contribution >= 0.6 is 0 Å². The van der Waals surface area contributed by atoms with Crippen LogP contribution in [0, 0.1) is 11.2 Å². The van der Waals surface area contributed by atoms with Gasteiger partial charge >= 0.3 is 0 Å². The molecular formula is C12H16FNO. The molecule has 3 heteroatoms. The number of rotatable bonds is 2. The largest absolute Gasteiger partial charge is 0.496 e. The summed E-state index contributed by atoms with van der Waals surface area (Å²) in [5.74, 6) is 0.539. The lowest BCUT2D eigenvalue weighted by molar-refractivity contribution is 0.125. The first kappa shape index (κ1) is 10.4. The van der Waals surface area contributed by atoms with Gasteiger partial charge in [0.15, 0.2) is 0 Å². The molecule has 15 heavy (non-hydrogen) atoms. The zero-order valence-electron chi connectivity index (χ0n) is 9.30. The second-order valence-electron chi connectivity index (χ2n) is 4.69. The van der Waals surface area contributed by atoms with Crippen LogP contribution in [0.3, 0.4) is 0 Å². The van der Waals surface area contributed by atoms with Crippen molar-refractivity contribution in [2.75, 3.05) is 13.7 Å². The summed E-state index contributed by atoms with van der Waals surface area (Å²) in [5, 5.41) is 3.31. The van der Waals surface area contributed by atoms with E-state index >= 15 is 0 Å². The van der Waals surface area contributed by atoms with E-state index in [0.29, 0.717) is 0 Å². The Kier molecular flexibility index (Phi) is 2.43. The fraction of sp³-hybridized carbons (Fsp3) is 0.500. The van der Waals surface area contributed by atoms with E-state index in [2.05, 4.69) is 19.2 Å². The molecule has 0 saturated carbocycles. The number of ether oxygens (including phenoxy) is 1. The maximum Gasteiger partial charge on any atom is 0.123 e. The zero-order valence-corrected chi connectivity index (χ0v) is 9.30. The number of benzene rings is 1. The van der Waals surface area contributed by atoms with Gasteiger partial charge in [-0.15, -0.1) is 0 Å². The van der Waals surface area contributed by atoms with Crippen LogP contribution < -0.4 is 10.1 Å². The highest BCUT2D eigenvalue weighted by Crippen LogP contribution is 2.43. The van der Waals surface area contributed by atoms with Gasteiger partial charge in [-0.05, 0) is 23.6 Å². The van der Waals surface area contributed by atoms with Crippen molar-refractivity contribution < 1.29 is 9.13 Å². The molecule has 1 saturated heterocycles. The van der Waals surface area contributed by atoms with Crippen LogP contribution in [-0.4, -0.2) is 13.7 Å². The molecule has 0 aromatic heterocycles. The monoisotopic (exact) mass is 209 g/mol. The molecule has 1 fully saturated rings. The normalized spacial score (nSPS) is 23.3. The number of hydrogen-bond acceptors (Lipinski definition) is 2. The fourth-order valence-corrected chi connectivity index (χ4v) is 2.07. The average Bonchev–Trinajstić information content (AvgIpc) is 2.17. The summed E-state index contributed by atoms with van der Waals surface area (Å²) in [7, 11) is 1.61. The second-order valence-corrected chi connectivity index (χ2v) is 4.69. The molecule has 1 heterocycles. The Balaban J connectivity index is 2.38. The van der Waals surface area contributed by atoms with E-state index in [4.69, 9.17) is 4.74 Å². The van der Waals surface area contributed by atoms with Gasteiger partial charge in [-0.2, -0.15) is 0 Å². The van der Waals surface area contributed by atoms with Crippen LogP contribution in [0.4, 0.5) is 4.39 Å². The molecule has 0 radical (unpaired) electrons. The molecule has 1 N–H and O–H groups in total. The minimum Gasteiger partial charge on any atom is -0.496 e. The van der Waals surface area contributed by atoms with E-state index in [1.165, 1.54) is 6.07 Å². The Bertz CT molecular complexity index is 376. The second kappa shape index (κ2) is 3.49. The summed E-state index contributed by atoms with van der Waals surface area (Å²) in [6.45, 7) is 5.29. The Hall–Kier alpha value is -1.09. The third-order valence-corrected chi connectivity index (χ3v) is 3.05. The van der Waals surface area contributed by atoms with Crippen LogP contribution in [0.1, 0.15) is 25.5 Å². The van der Waals surface area contributed by atoms with Crippen LogP contribution in [0.2, 0.25) is 0 Å². The third-order valence-electron chi connectivity index (χ3n) is 3.05. The molecule has 0 spiro atoms. The third kappa shape index (κ3) is 1.72. The van der Waals surface area contributed by atoms with Gasteiger partial charge in [0.05, 0.1) is 7.11 Å². The van der Waals surface area contributed by atoms with Gasteiger partial charge < -0.3 is 10.1 Å². The molecular weight excluding hydrogens is 193 g/mol. The summed E-state index contributed by atoms with van der Waals surface area (Å²) >= 11 is 0. The molecule has 1 aromatic carbocycles. The summed E-state index contributed by atoms with van der Waals surface area (Å²) in [4.78, 5) is 0.